The van der Waals surface area contributed by atoms with Crippen LogP contribution < -0.4 is 5.32 Å². The van der Waals surface area contributed by atoms with Gasteiger partial charge in [-0.3, -0.25) is 4.79 Å². The number of hydrogen-bond acceptors (Lipinski definition) is 14. The van der Waals surface area contributed by atoms with Crippen LogP contribution in [0, 0.1) is 5.41 Å². The molecule has 0 unspecified atom stereocenters. The van der Waals surface area contributed by atoms with Crippen LogP contribution in [0.25, 0.3) is 0 Å². The number of carbonyl (C=O) groups is 1. The van der Waals surface area contributed by atoms with E-state index in [0.29, 0.717) is 172 Å². The molecular weight excluding hydrogens is 658 g/mol. The standard InChI is InChI=1S/C35H71NO14/c1-33(2)36-34(37)6-7-38-8-9-39-10-11-40-12-13-41-14-15-42-16-17-43-18-19-44-20-21-45-22-23-46-24-25-47-26-27-48-28-29-49-30-31-50-32-35(3,4)5/h33H,6-32H2,1-5H3,(H,36,37). The zero-order valence-electron chi connectivity index (χ0n) is 31.9. The maximum Gasteiger partial charge on any atom is 0.222 e. The number of ether oxygens (including phenoxy) is 13. The molecule has 15 heteroatoms. The topological polar surface area (TPSA) is 149 Å². The summed E-state index contributed by atoms with van der Waals surface area (Å²) in [6.07, 6.45) is 0.357. The molecule has 1 N–H and O–H groups in total. The summed E-state index contributed by atoms with van der Waals surface area (Å²) in [5.74, 6) is -0.00387. The lowest BCUT2D eigenvalue weighted by Gasteiger charge is -2.17. The van der Waals surface area contributed by atoms with Crippen molar-refractivity contribution in [1.29, 1.82) is 0 Å². The third-order valence-corrected chi connectivity index (χ3v) is 5.92. The molecule has 0 heterocycles. The summed E-state index contributed by atoms with van der Waals surface area (Å²) in [7, 11) is 0. The van der Waals surface area contributed by atoms with E-state index in [0.717, 1.165) is 6.61 Å². The highest BCUT2D eigenvalue weighted by Crippen LogP contribution is 2.12. The largest absolute Gasteiger partial charge is 0.379 e. The quantitative estimate of drug-likeness (QED) is 0.0917. The van der Waals surface area contributed by atoms with Gasteiger partial charge in [0.2, 0.25) is 5.91 Å². The van der Waals surface area contributed by atoms with Crippen LogP contribution in [-0.4, -0.2) is 184 Å². The van der Waals surface area contributed by atoms with Crippen LogP contribution in [0.2, 0.25) is 0 Å². The summed E-state index contributed by atoms with van der Waals surface area (Å²) >= 11 is 0. The van der Waals surface area contributed by atoms with Crippen molar-refractivity contribution in [3.63, 3.8) is 0 Å². The van der Waals surface area contributed by atoms with Crippen molar-refractivity contribution in [3.8, 4) is 0 Å². The molecule has 0 bridgehead atoms. The lowest BCUT2D eigenvalue weighted by Crippen LogP contribution is -2.30. The van der Waals surface area contributed by atoms with Gasteiger partial charge in [0.25, 0.3) is 0 Å². The van der Waals surface area contributed by atoms with Crippen LogP contribution in [0.4, 0.5) is 0 Å². The van der Waals surface area contributed by atoms with Crippen molar-refractivity contribution in [3.05, 3.63) is 0 Å². The Balaban J connectivity index is 3.09. The highest BCUT2D eigenvalue weighted by Gasteiger charge is 2.09. The molecule has 0 spiro atoms. The van der Waals surface area contributed by atoms with Crippen LogP contribution in [0.5, 0.6) is 0 Å². The van der Waals surface area contributed by atoms with Gasteiger partial charge < -0.3 is 66.9 Å². The van der Waals surface area contributed by atoms with Crippen LogP contribution in [0.3, 0.4) is 0 Å². The molecule has 0 fully saturated rings. The van der Waals surface area contributed by atoms with Gasteiger partial charge in [0.15, 0.2) is 0 Å². The Morgan fingerprint density at radius 3 is 0.780 bits per heavy atom. The minimum Gasteiger partial charge on any atom is -0.379 e. The molecule has 0 aromatic carbocycles. The summed E-state index contributed by atoms with van der Waals surface area (Å²) in [6.45, 7) is 23.6. The summed E-state index contributed by atoms with van der Waals surface area (Å²) in [6, 6.07) is 0.145. The Hall–Kier alpha value is -1.05. The third kappa shape index (κ3) is 45.0. The van der Waals surface area contributed by atoms with E-state index in [1.807, 2.05) is 13.8 Å². The highest BCUT2D eigenvalue weighted by molar-refractivity contribution is 5.76. The number of hydrogen-bond donors (Lipinski definition) is 1. The molecule has 0 saturated carbocycles. The molecule has 0 radical (unpaired) electrons. The lowest BCUT2D eigenvalue weighted by atomic mass is 9.99. The molecule has 0 atom stereocenters. The van der Waals surface area contributed by atoms with Gasteiger partial charge in [-0.15, -0.1) is 0 Å². The van der Waals surface area contributed by atoms with Gasteiger partial charge in [-0.25, -0.2) is 0 Å². The minimum atomic E-state index is -0.00387. The van der Waals surface area contributed by atoms with Gasteiger partial charge in [-0.2, -0.15) is 0 Å². The molecule has 0 aliphatic heterocycles. The Kier molecular flexibility index (Phi) is 38.3. The third-order valence-electron chi connectivity index (χ3n) is 5.92. The van der Waals surface area contributed by atoms with Crippen LogP contribution in [-0.2, 0) is 66.4 Å². The van der Waals surface area contributed by atoms with Crippen molar-refractivity contribution < 1.29 is 66.4 Å². The van der Waals surface area contributed by atoms with E-state index in [1.54, 1.807) is 0 Å². The smallest absolute Gasteiger partial charge is 0.222 e. The molecule has 50 heavy (non-hydrogen) atoms. The van der Waals surface area contributed by atoms with Gasteiger partial charge in [-0.05, 0) is 19.3 Å². The molecule has 15 nitrogen and oxygen atoms in total. The van der Waals surface area contributed by atoms with Crippen LogP contribution in [0.1, 0.15) is 41.0 Å². The molecule has 1 amide bonds. The van der Waals surface area contributed by atoms with Crippen molar-refractivity contribution in [1.82, 2.24) is 5.32 Å². The van der Waals surface area contributed by atoms with Crippen molar-refractivity contribution >= 4 is 5.91 Å². The first-order chi connectivity index (χ1) is 24.3. The van der Waals surface area contributed by atoms with Crippen LogP contribution in [0.15, 0.2) is 0 Å². The number of rotatable bonds is 41. The van der Waals surface area contributed by atoms with E-state index >= 15 is 0 Å². The first-order valence-electron chi connectivity index (χ1n) is 18.1. The first-order valence-corrected chi connectivity index (χ1v) is 18.1. The fourth-order valence-corrected chi connectivity index (χ4v) is 3.58. The fraction of sp³-hybridized carbons (Fsp3) is 0.971. The van der Waals surface area contributed by atoms with Gasteiger partial charge >= 0.3 is 0 Å². The number of amides is 1. The Labute approximate surface area is 301 Å². The molecule has 0 aliphatic carbocycles. The van der Waals surface area contributed by atoms with E-state index in [2.05, 4.69) is 26.1 Å². The van der Waals surface area contributed by atoms with Gasteiger partial charge in [0, 0.05) is 12.5 Å². The monoisotopic (exact) mass is 729 g/mol. The maximum absolute atomic E-state index is 11.5. The second-order valence-corrected chi connectivity index (χ2v) is 12.4. The number of nitrogens with one attached hydrogen (secondary N) is 1. The predicted molar refractivity (Wildman–Crippen MR) is 188 cm³/mol. The zero-order valence-corrected chi connectivity index (χ0v) is 31.9. The molecule has 0 aliphatic rings. The Morgan fingerprint density at radius 2 is 0.580 bits per heavy atom. The maximum atomic E-state index is 11.5. The minimum absolute atomic E-state index is 0.00387. The average molecular weight is 730 g/mol. The van der Waals surface area contributed by atoms with E-state index in [1.165, 1.54) is 0 Å². The van der Waals surface area contributed by atoms with E-state index in [9.17, 15) is 4.79 Å². The molecule has 0 rings (SSSR count). The zero-order chi connectivity index (χ0) is 36.6. The first kappa shape index (κ1) is 49.0. The highest BCUT2D eigenvalue weighted by atomic mass is 16.6. The van der Waals surface area contributed by atoms with Crippen molar-refractivity contribution in [2.45, 2.75) is 47.1 Å². The van der Waals surface area contributed by atoms with Crippen molar-refractivity contribution in [2.75, 3.05) is 172 Å². The van der Waals surface area contributed by atoms with E-state index < -0.39 is 0 Å². The van der Waals surface area contributed by atoms with Gasteiger partial charge in [0.1, 0.15) is 0 Å². The molecule has 300 valence electrons. The summed E-state index contributed by atoms with van der Waals surface area (Å²) in [5.41, 5.74) is 0.178. The summed E-state index contributed by atoms with van der Waals surface area (Å²) in [5, 5.41) is 2.82. The fourth-order valence-electron chi connectivity index (χ4n) is 3.58. The predicted octanol–water partition coefficient (Wildman–Crippen LogP) is 2.16. The van der Waals surface area contributed by atoms with Gasteiger partial charge in [0.05, 0.1) is 172 Å². The second-order valence-electron chi connectivity index (χ2n) is 12.4. The molecule has 0 saturated heterocycles. The second kappa shape index (κ2) is 39.2. The summed E-state index contributed by atoms with van der Waals surface area (Å²) in [4.78, 5) is 11.5. The average Bonchev–Trinajstić information content (AvgIpc) is 3.06. The normalized spacial score (nSPS) is 12.0. The van der Waals surface area contributed by atoms with E-state index in [-0.39, 0.29) is 17.4 Å². The van der Waals surface area contributed by atoms with Crippen molar-refractivity contribution in [2.24, 2.45) is 5.41 Å². The number of carbonyl (C=O) groups excluding carboxylic acids is 1. The Bertz CT molecular complexity index is 684. The van der Waals surface area contributed by atoms with Gasteiger partial charge in [-0.1, -0.05) is 20.8 Å². The Morgan fingerprint density at radius 1 is 0.380 bits per heavy atom. The van der Waals surface area contributed by atoms with E-state index in [4.69, 9.17) is 61.6 Å². The summed E-state index contributed by atoms with van der Waals surface area (Å²) < 4.78 is 71.1. The molecular formula is C35H71NO14. The molecule has 0 aromatic rings. The SMILES string of the molecule is CC(C)NC(=O)CCOCCOCCOCCOCCOCCOCCOCCOCCOCCOCCOCCOCCOCC(C)(C)C. The molecule has 0 aromatic heterocycles. The lowest BCUT2D eigenvalue weighted by molar-refractivity contribution is -0.122. The van der Waals surface area contributed by atoms with Crippen LogP contribution >= 0.6 is 0 Å².